The fourth-order valence-electron chi connectivity index (χ4n) is 1.62. The molecule has 0 radical (unpaired) electrons. The van der Waals surface area contributed by atoms with E-state index in [9.17, 15) is 4.79 Å². The van der Waals surface area contributed by atoms with E-state index in [1.165, 1.54) is 0 Å². The molecule has 1 aliphatic rings. The smallest absolute Gasteiger partial charge is 0.252 e. The molecule has 0 bridgehead atoms. The van der Waals surface area contributed by atoms with Gasteiger partial charge in [0, 0.05) is 5.92 Å². The van der Waals surface area contributed by atoms with Crippen LogP contribution in [0, 0.1) is 13.8 Å². The Labute approximate surface area is 82.6 Å². The first-order valence-electron chi connectivity index (χ1n) is 4.74. The van der Waals surface area contributed by atoms with Crippen molar-refractivity contribution >= 4 is 5.91 Å². The molecule has 1 amide bonds. The number of nitrogens with two attached hydrogens (primary N) is 1. The second kappa shape index (κ2) is 3.04. The molecule has 1 heterocycles. The van der Waals surface area contributed by atoms with E-state index in [2.05, 4.69) is 9.97 Å². The molecule has 0 aliphatic heterocycles. The summed E-state index contributed by atoms with van der Waals surface area (Å²) in [4.78, 5) is 19.7. The third-order valence-corrected chi connectivity index (χ3v) is 2.48. The number of amides is 1. The Morgan fingerprint density at radius 2 is 1.79 bits per heavy atom. The van der Waals surface area contributed by atoms with Crippen molar-refractivity contribution < 1.29 is 4.79 Å². The van der Waals surface area contributed by atoms with Crippen LogP contribution in [0.25, 0.3) is 0 Å². The van der Waals surface area contributed by atoms with Crippen LogP contribution >= 0.6 is 0 Å². The molecule has 1 aromatic rings. The summed E-state index contributed by atoms with van der Waals surface area (Å²) >= 11 is 0. The van der Waals surface area contributed by atoms with Crippen molar-refractivity contribution in [3.8, 4) is 0 Å². The summed E-state index contributed by atoms with van der Waals surface area (Å²) in [5.74, 6) is 0.932. The van der Waals surface area contributed by atoms with Crippen LogP contribution in [-0.4, -0.2) is 15.9 Å². The highest BCUT2D eigenvalue weighted by Gasteiger charge is 2.28. The molecule has 0 saturated heterocycles. The summed E-state index contributed by atoms with van der Waals surface area (Å²) in [5.41, 5.74) is 7.11. The zero-order valence-corrected chi connectivity index (χ0v) is 8.37. The minimum Gasteiger partial charge on any atom is -0.365 e. The topological polar surface area (TPSA) is 68.9 Å². The molecule has 74 valence electrons. The Morgan fingerprint density at radius 3 is 2.14 bits per heavy atom. The fraction of sp³-hybridized carbons (Fsp3) is 0.500. The molecule has 2 N–H and O–H groups in total. The predicted molar refractivity (Wildman–Crippen MR) is 52.0 cm³/mol. The molecule has 1 saturated carbocycles. The molecule has 2 rings (SSSR count). The predicted octanol–water partition coefficient (Wildman–Crippen LogP) is 1.07. The monoisotopic (exact) mass is 191 g/mol. The SMILES string of the molecule is Cc1nc(C2CC2)nc(C)c1C(N)=O. The minimum absolute atomic E-state index is 0.442. The number of carbonyl (C=O) groups is 1. The van der Waals surface area contributed by atoms with Gasteiger partial charge in [-0.3, -0.25) is 4.79 Å². The van der Waals surface area contributed by atoms with E-state index < -0.39 is 5.91 Å². The van der Waals surface area contributed by atoms with Crippen LogP contribution in [0.1, 0.15) is 46.3 Å². The third-order valence-electron chi connectivity index (χ3n) is 2.48. The van der Waals surface area contributed by atoms with Crippen LogP contribution in [0.2, 0.25) is 0 Å². The quantitative estimate of drug-likeness (QED) is 0.760. The summed E-state index contributed by atoms with van der Waals surface area (Å²) < 4.78 is 0. The molecule has 0 unspecified atom stereocenters. The molecule has 0 spiro atoms. The van der Waals surface area contributed by atoms with Crippen LogP contribution < -0.4 is 5.73 Å². The maximum Gasteiger partial charge on any atom is 0.252 e. The molecule has 1 aliphatic carbocycles. The van der Waals surface area contributed by atoms with Gasteiger partial charge in [0.05, 0.1) is 17.0 Å². The standard InChI is InChI=1S/C10H13N3O/c1-5-8(9(11)14)6(2)13-10(12-5)7-3-4-7/h7H,3-4H2,1-2H3,(H2,11,14). The lowest BCUT2D eigenvalue weighted by atomic mass is 10.1. The van der Waals surface area contributed by atoms with Gasteiger partial charge < -0.3 is 5.73 Å². The molecule has 14 heavy (non-hydrogen) atoms. The highest BCUT2D eigenvalue weighted by molar-refractivity contribution is 5.94. The number of hydrogen-bond acceptors (Lipinski definition) is 3. The van der Waals surface area contributed by atoms with Crippen LogP contribution in [-0.2, 0) is 0 Å². The molecule has 1 aromatic heterocycles. The van der Waals surface area contributed by atoms with Gasteiger partial charge >= 0.3 is 0 Å². The molecule has 0 aromatic carbocycles. The maximum absolute atomic E-state index is 11.1. The van der Waals surface area contributed by atoms with Crippen molar-refractivity contribution in [2.75, 3.05) is 0 Å². The lowest BCUT2D eigenvalue weighted by Crippen LogP contribution is -2.17. The second-order valence-electron chi connectivity index (χ2n) is 3.77. The largest absolute Gasteiger partial charge is 0.365 e. The van der Waals surface area contributed by atoms with E-state index in [0.717, 1.165) is 18.7 Å². The third kappa shape index (κ3) is 1.47. The van der Waals surface area contributed by atoms with E-state index in [4.69, 9.17) is 5.73 Å². The zero-order chi connectivity index (χ0) is 10.3. The number of aryl methyl sites for hydroxylation is 2. The van der Waals surface area contributed by atoms with E-state index in [1.54, 1.807) is 13.8 Å². The second-order valence-corrected chi connectivity index (χ2v) is 3.77. The number of nitrogens with zero attached hydrogens (tertiary/aromatic N) is 2. The van der Waals surface area contributed by atoms with Crippen molar-refractivity contribution in [1.82, 2.24) is 9.97 Å². The average Bonchev–Trinajstić information content (AvgIpc) is 2.83. The number of primary amides is 1. The fourth-order valence-corrected chi connectivity index (χ4v) is 1.62. The van der Waals surface area contributed by atoms with Gasteiger partial charge in [0.25, 0.3) is 5.91 Å². The molecular formula is C10H13N3O. The summed E-state index contributed by atoms with van der Waals surface area (Å²) in [5, 5.41) is 0. The van der Waals surface area contributed by atoms with Gasteiger partial charge in [-0.15, -0.1) is 0 Å². The number of carbonyl (C=O) groups excluding carboxylic acids is 1. The van der Waals surface area contributed by atoms with Crippen LogP contribution in [0.4, 0.5) is 0 Å². The Bertz CT molecular complexity index is 373. The molecular weight excluding hydrogens is 178 g/mol. The van der Waals surface area contributed by atoms with Gasteiger partial charge in [-0.25, -0.2) is 9.97 Å². The molecule has 4 heteroatoms. The first kappa shape index (κ1) is 9.12. The van der Waals surface area contributed by atoms with Gasteiger partial charge in [-0.1, -0.05) is 0 Å². The van der Waals surface area contributed by atoms with Gasteiger partial charge in [0.15, 0.2) is 0 Å². The zero-order valence-electron chi connectivity index (χ0n) is 8.37. The molecule has 0 atom stereocenters. The number of hydrogen-bond donors (Lipinski definition) is 1. The van der Waals surface area contributed by atoms with Crippen molar-refractivity contribution in [3.63, 3.8) is 0 Å². The summed E-state index contributed by atoms with van der Waals surface area (Å²) in [7, 11) is 0. The summed E-state index contributed by atoms with van der Waals surface area (Å²) in [6, 6.07) is 0. The Morgan fingerprint density at radius 1 is 1.29 bits per heavy atom. The van der Waals surface area contributed by atoms with Crippen molar-refractivity contribution in [2.45, 2.75) is 32.6 Å². The number of rotatable bonds is 2. The van der Waals surface area contributed by atoms with Crippen molar-refractivity contribution in [2.24, 2.45) is 5.73 Å². The Kier molecular flexibility index (Phi) is 1.98. The van der Waals surface area contributed by atoms with Crippen molar-refractivity contribution in [1.29, 1.82) is 0 Å². The van der Waals surface area contributed by atoms with E-state index in [0.29, 0.717) is 22.9 Å². The van der Waals surface area contributed by atoms with Gasteiger partial charge in [0.2, 0.25) is 0 Å². The van der Waals surface area contributed by atoms with Crippen molar-refractivity contribution in [3.05, 3.63) is 22.8 Å². The maximum atomic E-state index is 11.1. The Hall–Kier alpha value is -1.45. The lowest BCUT2D eigenvalue weighted by Gasteiger charge is -2.06. The summed E-state index contributed by atoms with van der Waals surface area (Å²) in [6.45, 7) is 3.61. The highest BCUT2D eigenvalue weighted by atomic mass is 16.1. The van der Waals surface area contributed by atoms with Crippen LogP contribution in [0.5, 0.6) is 0 Å². The van der Waals surface area contributed by atoms with E-state index in [1.807, 2.05) is 0 Å². The normalized spacial score (nSPS) is 15.6. The first-order chi connectivity index (χ1) is 6.59. The molecule has 1 fully saturated rings. The average molecular weight is 191 g/mol. The Balaban J connectivity index is 2.49. The van der Waals surface area contributed by atoms with Gasteiger partial charge in [-0.2, -0.15) is 0 Å². The van der Waals surface area contributed by atoms with Gasteiger partial charge in [0.1, 0.15) is 5.82 Å². The summed E-state index contributed by atoms with van der Waals surface area (Å²) in [6.07, 6.45) is 2.32. The van der Waals surface area contributed by atoms with Crippen LogP contribution in [0.15, 0.2) is 0 Å². The van der Waals surface area contributed by atoms with Gasteiger partial charge in [-0.05, 0) is 26.7 Å². The molecule has 4 nitrogen and oxygen atoms in total. The minimum atomic E-state index is -0.442. The van der Waals surface area contributed by atoms with E-state index in [-0.39, 0.29) is 0 Å². The highest BCUT2D eigenvalue weighted by Crippen LogP contribution is 2.38. The van der Waals surface area contributed by atoms with E-state index >= 15 is 0 Å². The first-order valence-corrected chi connectivity index (χ1v) is 4.74. The van der Waals surface area contributed by atoms with Crippen LogP contribution in [0.3, 0.4) is 0 Å². The lowest BCUT2D eigenvalue weighted by molar-refractivity contribution is 0.0998. The number of aromatic nitrogens is 2.